The number of rotatable bonds is 5. The van der Waals surface area contributed by atoms with E-state index in [1.54, 1.807) is 7.11 Å². The molecule has 29 heavy (non-hydrogen) atoms. The predicted octanol–water partition coefficient (Wildman–Crippen LogP) is 3.19. The Kier molecular flexibility index (Phi) is 6.02. The van der Waals surface area contributed by atoms with E-state index in [0.717, 1.165) is 41.7 Å². The van der Waals surface area contributed by atoms with Gasteiger partial charge in [0.25, 0.3) is 5.91 Å². The van der Waals surface area contributed by atoms with Crippen LogP contribution in [0, 0.1) is 0 Å². The average molecular weight is 414 g/mol. The first-order chi connectivity index (χ1) is 14.1. The van der Waals surface area contributed by atoms with E-state index in [2.05, 4.69) is 16.1 Å². The number of nitrogens with zero attached hydrogens (tertiary/aromatic N) is 3. The lowest BCUT2D eigenvalue weighted by Crippen LogP contribution is -2.51. The van der Waals surface area contributed by atoms with Crippen molar-refractivity contribution in [3.05, 3.63) is 64.7 Å². The topological polar surface area (TPSA) is 54.4 Å². The summed E-state index contributed by atoms with van der Waals surface area (Å²) in [4.78, 5) is 22.5. The summed E-state index contributed by atoms with van der Waals surface area (Å²) in [6.07, 6.45) is -0.0416. The smallest absolute Gasteiger partial charge is 0.266 e. The Balaban J connectivity index is 1.28. The number of carbonyl (C=O) groups is 1. The summed E-state index contributed by atoms with van der Waals surface area (Å²) >= 11 is 6.07. The number of piperazine rings is 1. The van der Waals surface area contributed by atoms with Crippen LogP contribution in [-0.2, 0) is 16.2 Å². The molecule has 152 valence electrons. The molecule has 2 heterocycles. The third-order valence-electron chi connectivity index (χ3n) is 5.35. The maximum atomic E-state index is 12.9. The highest BCUT2D eigenvalue weighted by molar-refractivity contribution is 6.30. The molecule has 1 unspecified atom stereocenters. The molecule has 2 aromatic carbocycles. The molecule has 0 spiro atoms. The molecule has 1 atom stereocenters. The third kappa shape index (κ3) is 4.71. The van der Waals surface area contributed by atoms with Gasteiger partial charge in [0, 0.05) is 44.2 Å². The normalized spacial score (nSPS) is 19.6. The second kappa shape index (κ2) is 8.84. The highest BCUT2D eigenvalue weighted by Crippen LogP contribution is 2.21. The van der Waals surface area contributed by atoms with E-state index in [-0.39, 0.29) is 5.91 Å². The van der Waals surface area contributed by atoms with Crippen molar-refractivity contribution < 1.29 is 14.4 Å². The molecular weight excluding hydrogens is 390 g/mol. The quantitative estimate of drug-likeness (QED) is 0.755. The molecule has 7 heteroatoms. The van der Waals surface area contributed by atoms with Crippen molar-refractivity contribution in [2.45, 2.75) is 19.1 Å². The second-order valence-corrected chi connectivity index (χ2v) is 7.73. The number of carbonyl (C=O) groups excluding carboxylic acids is 1. The molecule has 0 aromatic heterocycles. The predicted molar refractivity (Wildman–Crippen MR) is 112 cm³/mol. The number of benzene rings is 2. The SMILES string of the molecule is COc1ccc(C2=NOC(C(=O)N3CCN(Cc4cccc(Cl)c4)CC3)C2)cc1. The van der Waals surface area contributed by atoms with E-state index < -0.39 is 6.10 Å². The minimum Gasteiger partial charge on any atom is -0.497 e. The monoisotopic (exact) mass is 413 g/mol. The zero-order chi connectivity index (χ0) is 20.2. The van der Waals surface area contributed by atoms with Crippen molar-refractivity contribution in [2.75, 3.05) is 33.3 Å². The Labute approximate surface area is 175 Å². The van der Waals surface area contributed by atoms with Crippen molar-refractivity contribution in [1.29, 1.82) is 0 Å². The first-order valence-corrected chi connectivity index (χ1v) is 10.1. The third-order valence-corrected chi connectivity index (χ3v) is 5.58. The minimum atomic E-state index is -0.536. The van der Waals surface area contributed by atoms with Gasteiger partial charge in [-0.1, -0.05) is 28.9 Å². The molecule has 0 bridgehead atoms. The number of oxime groups is 1. The summed E-state index contributed by atoms with van der Waals surface area (Å²) in [7, 11) is 1.63. The number of amides is 1. The van der Waals surface area contributed by atoms with Gasteiger partial charge in [-0.3, -0.25) is 9.69 Å². The largest absolute Gasteiger partial charge is 0.497 e. The summed E-state index contributed by atoms with van der Waals surface area (Å²) in [5.74, 6) is 0.802. The van der Waals surface area contributed by atoms with Crippen LogP contribution in [0.4, 0.5) is 0 Å². The van der Waals surface area contributed by atoms with Crippen LogP contribution in [0.3, 0.4) is 0 Å². The van der Waals surface area contributed by atoms with E-state index >= 15 is 0 Å². The Morgan fingerprint density at radius 1 is 1.17 bits per heavy atom. The van der Waals surface area contributed by atoms with E-state index in [4.69, 9.17) is 21.2 Å². The maximum Gasteiger partial charge on any atom is 0.266 e. The molecule has 2 aliphatic rings. The summed E-state index contributed by atoms with van der Waals surface area (Å²) in [6, 6.07) is 15.5. The van der Waals surface area contributed by atoms with Crippen molar-refractivity contribution in [3.8, 4) is 5.75 Å². The van der Waals surface area contributed by atoms with Crippen LogP contribution in [0.5, 0.6) is 5.75 Å². The minimum absolute atomic E-state index is 0.0136. The van der Waals surface area contributed by atoms with Gasteiger partial charge in [-0.15, -0.1) is 0 Å². The number of methoxy groups -OCH3 is 1. The molecule has 0 N–H and O–H groups in total. The van der Waals surface area contributed by atoms with Crippen LogP contribution in [0.15, 0.2) is 53.7 Å². The zero-order valence-electron chi connectivity index (χ0n) is 16.4. The molecule has 1 saturated heterocycles. The van der Waals surface area contributed by atoms with Crippen molar-refractivity contribution in [3.63, 3.8) is 0 Å². The van der Waals surface area contributed by atoms with E-state index in [1.807, 2.05) is 47.4 Å². The van der Waals surface area contributed by atoms with Gasteiger partial charge >= 0.3 is 0 Å². The standard InChI is InChI=1S/C22H24ClN3O3/c1-28-19-7-5-17(6-8-19)20-14-21(29-24-20)22(27)26-11-9-25(10-12-26)15-16-3-2-4-18(23)13-16/h2-8,13,21H,9-12,14-15H2,1H3. The van der Waals surface area contributed by atoms with Crippen molar-refractivity contribution in [2.24, 2.45) is 5.16 Å². The fraction of sp³-hybridized carbons (Fsp3) is 0.364. The Morgan fingerprint density at radius 2 is 1.93 bits per heavy atom. The van der Waals surface area contributed by atoms with Crippen molar-refractivity contribution >= 4 is 23.2 Å². The Bertz CT molecular complexity index is 892. The highest BCUT2D eigenvalue weighted by atomic mass is 35.5. The lowest BCUT2D eigenvalue weighted by Gasteiger charge is -2.35. The molecule has 1 fully saturated rings. The van der Waals surface area contributed by atoms with Gasteiger partial charge in [-0.25, -0.2) is 0 Å². The van der Waals surface area contributed by atoms with Crippen LogP contribution in [0.25, 0.3) is 0 Å². The first-order valence-electron chi connectivity index (χ1n) is 9.75. The van der Waals surface area contributed by atoms with Gasteiger partial charge < -0.3 is 14.5 Å². The Morgan fingerprint density at radius 3 is 2.62 bits per heavy atom. The van der Waals surface area contributed by atoms with Gasteiger partial charge in [-0.2, -0.15) is 0 Å². The summed E-state index contributed by atoms with van der Waals surface area (Å²) in [5, 5.41) is 4.90. The fourth-order valence-electron chi connectivity index (χ4n) is 3.69. The van der Waals surface area contributed by atoms with Crippen LogP contribution in [0.2, 0.25) is 5.02 Å². The van der Waals surface area contributed by atoms with Gasteiger partial charge in [0.05, 0.1) is 12.8 Å². The molecule has 6 nitrogen and oxygen atoms in total. The van der Waals surface area contributed by atoms with Gasteiger partial charge in [0.1, 0.15) is 5.75 Å². The van der Waals surface area contributed by atoms with Crippen LogP contribution >= 0.6 is 11.6 Å². The maximum absolute atomic E-state index is 12.9. The lowest BCUT2D eigenvalue weighted by molar-refractivity contribution is -0.143. The highest BCUT2D eigenvalue weighted by Gasteiger charge is 2.33. The second-order valence-electron chi connectivity index (χ2n) is 7.30. The van der Waals surface area contributed by atoms with E-state index in [9.17, 15) is 4.79 Å². The number of hydrogen-bond donors (Lipinski definition) is 0. The summed E-state index contributed by atoms with van der Waals surface area (Å²) < 4.78 is 5.18. The van der Waals surface area contributed by atoms with Crippen LogP contribution < -0.4 is 4.74 Å². The van der Waals surface area contributed by atoms with Gasteiger partial charge in [-0.05, 0) is 47.5 Å². The molecule has 2 aromatic rings. The molecular formula is C22H24ClN3O3. The fourth-order valence-corrected chi connectivity index (χ4v) is 3.90. The zero-order valence-corrected chi connectivity index (χ0v) is 17.1. The van der Waals surface area contributed by atoms with Gasteiger partial charge in [0.2, 0.25) is 6.10 Å². The van der Waals surface area contributed by atoms with Crippen LogP contribution in [-0.4, -0.2) is 60.8 Å². The molecule has 2 aliphatic heterocycles. The van der Waals surface area contributed by atoms with Crippen molar-refractivity contribution in [1.82, 2.24) is 9.80 Å². The molecule has 4 rings (SSSR count). The number of hydrogen-bond acceptors (Lipinski definition) is 5. The summed E-state index contributed by atoms with van der Waals surface area (Å²) in [6.45, 7) is 3.88. The van der Waals surface area contributed by atoms with Crippen LogP contribution in [0.1, 0.15) is 17.5 Å². The number of halogens is 1. The first kappa shape index (κ1) is 19.7. The van der Waals surface area contributed by atoms with E-state index in [1.165, 1.54) is 5.56 Å². The lowest BCUT2D eigenvalue weighted by atomic mass is 10.0. The Hall–Kier alpha value is -2.57. The number of ether oxygens (including phenoxy) is 1. The van der Waals surface area contributed by atoms with Gasteiger partial charge in [0.15, 0.2) is 0 Å². The molecule has 0 aliphatic carbocycles. The molecule has 0 saturated carbocycles. The molecule has 0 radical (unpaired) electrons. The summed E-state index contributed by atoms with van der Waals surface area (Å²) in [5.41, 5.74) is 2.94. The van der Waals surface area contributed by atoms with E-state index in [0.29, 0.717) is 19.5 Å². The molecule has 1 amide bonds. The average Bonchev–Trinajstić information content (AvgIpc) is 3.24.